The Labute approximate surface area is 792 Å². The Bertz CT molecular complexity index is 9630. The highest BCUT2D eigenvalue weighted by Crippen LogP contribution is 2.49. The summed E-state index contributed by atoms with van der Waals surface area (Å²) in [6.45, 7) is 0. The van der Waals surface area contributed by atoms with E-state index in [4.69, 9.17) is 9.97 Å². The van der Waals surface area contributed by atoms with Crippen molar-refractivity contribution >= 4 is 181 Å². The third-order valence-corrected chi connectivity index (χ3v) is 28.9. The number of fused-ring (bicyclic) bond motifs is 22. The van der Waals surface area contributed by atoms with Gasteiger partial charge in [0.25, 0.3) is 0 Å². The summed E-state index contributed by atoms with van der Waals surface area (Å²) in [6.07, 6.45) is 0. The molecule has 0 saturated carbocycles. The second-order valence-electron chi connectivity index (χ2n) is 36.4. The van der Waals surface area contributed by atoms with Crippen molar-refractivity contribution in [2.75, 3.05) is 4.90 Å². The second-order valence-corrected chi connectivity index (χ2v) is 36.4. The number of hydrogen-bond donors (Lipinski definition) is 0. The molecule has 0 aliphatic rings. The fraction of sp³-hybridized carbons (Fsp3) is 0. The van der Waals surface area contributed by atoms with E-state index in [2.05, 4.69) is 522 Å². The molecule has 0 amide bonds. The molecule has 0 spiro atoms. The number of rotatable bonds is 14. The predicted molar refractivity (Wildman–Crippen MR) is 576 cm³/mol. The van der Waals surface area contributed by atoms with E-state index in [1.165, 1.54) is 43.1 Å². The van der Waals surface area contributed by atoms with Gasteiger partial charge in [-0.3, -0.25) is 9.13 Å². The first kappa shape index (κ1) is 77.0. The fourth-order valence-electron chi connectivity index (χ4n) is 22.7. The molecule has 10 heteroatoms. The van der Waals surface area contributed by atoms with Gasteiger partial charge in [0.05, 0.1) is 82.8 Å². The number of benzene rings is 21. The number of para-hydroxylation sites is 11. The van der Waals surface area contributed by atoms with Gasteiger partial charge in [-0.25, -0.2) is 4.98 Å². The maximum Gasteiger partial charge on any atom is 0.237 e. The highest BCUT2D eigenvalue weighted by Gasteiger charge is 2.28. The Kier molecular flexibility index (Phi) is 17.0. The molecule has 29 aromatic rings. The van der Waals surface area contributed by atoms with Crippen molar-refractivity contribution in [3.05, 3.63) is 485 Å². The highest BCUT2D eigenvalue weighted by molar-refractivity contribution is 6.19. The lowest BCUT2D eigenvalue weighted by Crippen LogP contribution is -2.09. The van der Waals surface area contributed by atoms with Crippen LogP contribution in [-0.2, 0) is 0 Å². The van der Waals surface area contributed by atoms with E-state index >= 15 is 0 Å². The van der Waals surface area contributed by atoms with Crippen LogP contribution in [0.1, 0.15) is 0 Å². The summed E-state index contributed by atoms with van der Waals surface area (Å²) in [5.74, 6) is 1.28. The van der Waals surface area contributed by atoms with Gasteiger partial charge < -0.3 is 27.7 Å². The zero-order chi connectivity index (χ0) is 90.3. The van der Waals surface area contributed by atoms with Crippen molar-refractivity contribution in [2.24, 2.45) is 0 Å². The number of anilines is 3. The van der Waals surface area contributed by atoms with Crippen molar-refractivity contribution < 1.29 is 0 Å². The summed E-state index contributed by atoms with van der Waals surface area (Å²) in [7, 11) is 0. The van der Waals surface area contributed by atoms with Gasteiger partial charge in [-0.15, -0.1) is 0 Å². The molecule has 10 nitrogen and oxygen atoms in total. The van der Waals surface area contributed by atoms with Gasteiger partial charge in [-0.1, -0.05) is 249 Å². The number of nitrogens with zero attached hydrogens (tertiary/aromatic N) is 10. The summed E-state index contributed by atoms with van der Waals surface area (Å²) < 4.78 is 16.8. The molecular formula is C128H80N10. The molecule has 21 aromatic carbocycles. The first-order valence-electron chi connectivity index (χ1n) is 47.2. The summed E-state index contributed by atoms with van der Waals surface area (Å²) in [6, 6.07) is 179. The standard InChI is InChI=1S/C128H80N10/c1-7-29-89(30-8-1)131(90-31-9-2-10-32-90)95-60-70-122-110(79-95)101-45-23-28-50-117(101)136(122)96-59-61-112-111(80-96)127(137-123-66-55-85(81-51-62-118-102(71-81)97-41-19-24-46-113(97)132(118)91-33-11-3-12-34-91)75-106(123)107-76-86(56-67-124(107)137)82-52-63-119-103(72-82)98-42-20-25-47-114(98)133(119)92-35-13-4-14-36-92)130-128(129-112)138-125-68-57-87(83-53-64-120-104(73-83)99-43-21-26-48-115(99)134(120)93-37-15-5-16-38-93)77-108(125)109-78-88(58-69-126(109)138)84-54-65-121-105(74-84)100-44-22-27-49-116(100)135(121)94-39-17-6-18-40-94/h1-80H. The average molecular weight is 1760 g/mol. The predicted octanol–water partition coefficient (Wildman–Crippen LogP) is 33.4. The number of hydrogen-bond acceptors (Lipinski definition) is 3. The molecule has 0 unspecified atom stereocenters. The van der Waals surface area contributed by atoms with E-state index < -0.39 is 0 Å². The molecule has 0 N–H and O–H groups in total. The van der Waals surface area contributed by atoms with E-state index in [1.54, 1.807) is 0 Å². The first-order valence-corrected chi connectivity index (χ1v) is 47.2. The summed E-state index contributed by atoms with van der Waals surface area (Å²) in [5.41, 5.74) is 33.7. The lowest BCUT2D eigenvalue weighted by atomic mass is 9.98. The Balaban J connectivity index is 0.684. The Morgan fingerprint density at radius 1 is 0.138 bits per heavy atom. The van der Waals surface area contributed by atoms with Crippen molar-refractivity contribution in [3.8, 4) is 84.7 Å². The van der Waals surface area contributed by atoms with Crippen LogP contribution in [0.2, 0.25) is 0 Å². The second kappa shape index (κ2) is 30.5. The molecule has 8 heterocycles. The van der Waals surface area contributed by atoms with Crippen LogP contribution in [0.5, 0.6) is 0 Å². The van der Waals surface area contributed by atoms with E-state index in [0.717, 1.165) is 216 Å². The lowest BCUT2D eigenvalue weighted by Gasteiger charge is -2.25. The molecule has 8 aromatic heterocycles. The van der Waals surface area contributed by atoms with E-state index in [-0.39, 0.29) is 0 Å². The SMILES string of the molecule is c1ccc(N(c2ccccc2)c2ccc3c(c2)c2ccccc2n3-c2ccc3nc(-n4c5ccc(-c6ccc7c(c6)c6ccccc6n7-c6ccccc6)cc5c5cc(-c6ccc7c(c6)c6ccccc6n7-c6ccccc6)ccc54)nc(-n4c5ccc(-c6ccc7c(c6)c6ccccc6n7-c6ccccc6)cc5c5cc(-c6ccc7c(c6)c6ccccc6n7-c6ccccc6)ccc54)c3c2)cc1. The molecule has 0 fully saturated rings. The van der Waals surface area contributed by atoms with Crippen LogP contribution in [0.25, 0.3) is 248 Å². The summed E-state index contributed by atoms with van der Waals surface area (Å²) in [5, 5.41) is 17.0. The molecular weight excluding hydrogens is 1680 g/mol. The van der Waals surface area contributed by atoms with Crippen molar-refractivity contribution in [2.45, 2.75) is 0 Å². The Morgan fingerprint density at radius 3 is 0.674 bits per heavy atom. The van der Waals surface area contributed by atoms with Gasteiger partial charge in [-0.2, -0.15) is 4.98 Å². The fourth-order valence-corrected chi connectivity index (χ4v) is 22.7. The molecule has 0 radical (unpaired) electrons. The zero-order valence-corrected chi connectivity index (χ0v) is 74.7. The normalized spacial score (nSPS) is 12.1. The van der Waals surface area contributed by atoms with Gasteiger partial charge >= 0.3 is 0 Å². The highest BCUT2D eigenvalue weighted by atomic mass is 15.2. The van der Waals surface area contributed by atoms with E-state index in [0.29, 0.717) is 5.95 Å². The molecule has 0 aliphatic carbocycles. The van der Waals surface area contributed by atoms with Crippen molar-refractivity contribution in [3.63, 3.8) is 0 Å². The number of aromatic nitrogens is 9. The van der Waals surface area contributed by atoms with Gasteiger partial charge in [0.1, 0.15) is 0 Å². The van der Waals surface area contributed by atoms with Crippen LogP contribution in [-0.4, -0.2) is 41.9 Å². The minimum absolute atomic E-state index is 0.538. The maximum absolute atomic E-state index is 6.30. The van der Waals surface area contributed by atoms with Crippen molar-refractivity contribution in [1.29, 1.82) is 0 Å². The molecule has 138 heavy (non-hydrogen) atoms. The van der Waals surface area contributed by atoms with Crippen LogP contribution >= 0.6 is 0 Å². The molecule has 29 rings (SSSR count). The largest absolute Gasteiger partial charge is 0.310 e. The molecule has 0 atom stereocenters. The minimum Gasteiger partial charge on any atom is -0.310 e. The van der Waals surface area contributed by atoms with Crippen LogP contribution in [0, 0.1) is 0 Å². The quantitative estimate of drug-likeness (QED) is 0.109. The zero-order valence-electron chi connectivity index (χ0n) is 74.7. The lowest BCUT2D eigenvalue weighted by molar-refractivity contribution is 0.972. The van der Waals surface area contributed by atoms with Gasteiger partial charge in [0, 0.05) is 126 Å². The Hall–Kier alpha value is -18.6. The molecule has 0 aliphatic heterocycles. The van der Waals surface area contributed by atoms with E-state index in [1.807, 2.05) is 0 Å². The Morgan fingerprint density at radius 2 is 0.370 bits per heavy atom. The molecule has 642 valence electrons. The van der Waals surface area contributed by atoms with Crippen LogP contribution in [0.4, 0.5) is 17.1 Å². The van der Waals surface area contributed by atoms with E-state index in [9.17, 15) is 0 Å². The summed E-state index contributed by atoms with van der Waals surface area (Å²) in [4.78, 5) is 14.6. The third-order valence-electron chi connectivity index (χ3n) is 28.9. The van der Waals surface area contributed by atoms with Gasteiger partial charge in [-0.05, 0) is 281 Å². The third kappa shape index (κ3) is 11.8. The van der Waals surface area contributed by atoms with Gasteiger partial charge in [0.2, 0.25) is 5.95 Å². The van der Waals surface area contributed by atoms with Crippen LogP contribution < -0.4 is 4.90 Å². The molecule has 0 saturated heterocycles. The minimum atomic E-state index is 0.538. The van der Waals surface area contributed by atoms with Gasteiger partial charge in [0.15, 0.2) is 5.82 Å². The topological polar surface area (TPSA) is 63.5 Å². The monoisotopic (exact) mass is 1760 g/mol. The van der Waals surface area contributed by atoms with Crippen molar-refractivity contribution in [1.82, 2.24) is 41.9 Å². The maximum atomic E-state index is 6.30. The molecule has 0 bridgehead atoms. The first-order chi connectivity index (χ1) is 68.4. The van der Waals surface area contributed by atoms with Crippen LogP contribution in [0.15, 0.2) is 485 Å². The smallest absolute Gasteiger partial charge is 0.237 e. The summed E-state index contributed by atoms with van der Waals surface area (Å²) >= 11 is 0. The van der Waals surface area contributed by atoms with Crippen LogP contribution in [0.3, 0.4) is 0 Å². The average Bonchev–Trinajstić information content (AvgIpc) is 1.55.